The van der Waals surface area contributed by atoms with E-state index in [1.807, 2.05) is 55.5 Å². The van der Waals surface area contributed by atoms with Gasteiger partial charge in [0.15, 0.2) is 0 Å². The molecule has 0 saturated carbocycles. The van der Waals surface area contributed by atoms with Gasteiger partial charge in [-0.15, -0.1) is 0 Å². The molecule has 0 fully saturated rings. The molecule has 1 heterocycles. The van der Waals surface area contributed by atoms with Crippen LogP contribution in [0.1, 0.15) is 40.2 Å². The van der Waals surface area contributed by atoms with E-state index in [-0.39, 0.29) is 18.2 Å². The molecule has 0 spiro atoms. The molecule has 2 amide bonds. The molecule has 3 aromatic carbocycles. The van der Waals surface area contributed by atoms with Gasteiger partial charge in [0.25, 0.3) is 5.91 Å². The molecule has 0 radical (unpaired) electrons. The highest BCUT2D eigenvalue weighted by molar-refractivity contribution is 6.03. The zero-order valence-corrected chi connectivity index (χ0v) is 20.3. The molecular formula is C28H28N4O4. The quantitative estimate of drug-likeness (QED) is 0.330. The highest BCUT2D eigenvalue weighted by Crippen LogP contribution is 2.20. The first-order chi connectivity index (χ1) is 17.5. The second-order valence-electron chi connectivity index (χ2n) is 8.36. The predicted octanol–water partition coefficient (Wildman–Crippen LogP) is 4.95. The van der Waals surface area contributed by atoms with Crippen molar-refractivity contribution in [3.05, 3.63) is 95.4 Å². The normalized spacial score (nSPS) is 10.6. The summed E-state index contributed by atoms with van der Waals surface area (Å²) in [5, 5.41) is 9.77. The van der Waals surface area contributed by atoms with Crippen LogP contribution >= 0.6 is 0 Å². The van der Waals surface area contributed by atoms with Gasteiger partial charge in [-0.25, -0.2) is 0 Å². The number of carbonyl (C=O) groups excluding carboxylic acids is 2. The molecule has 0 aliphatic heterocycles. The van der Waals surface area contributed by atoms with Crippen molar-refractivity contribution in [2.45, 2.75) is 32.7 Å². The fourth-order valence-electron chi connectivity index (χ4n) is 3.60. The summed E-state index contributed by atoms with van der Waals surface area (Å²) in [6.07, 6.45) is 1.24. The van der Waals surface area contributed by atoms with Crippen molar-refractivity contribution in [3.63, 3.8) is 0 Å². The average molecular weight is 485 g/mol. The van der Waals surface area contributed by atoms with Gasteiger partial charge in [0.05, 0.1) is 18.4 Å². The molecule has 0 unspecified atom stereocenters. The summed E-state index contributed by atoms with van der Waals surface area (Å²) in [6, 6.07) is 22.3. The van der Waals surface area contributed by atoms with E-state index in [0.717, 1.165) is 22.4 Å². The summed E-state index contributed by atoms with van der Waals surface area (Å²) in [5.74, 6) is 1.26. The Hall–Kier alpha value is -4.46. The lowest BCUT2D eigenvalue weighted by Gasteiger charge is -2.11. The molecule has 8 heteroatoms. The summed E-state index contributed by atoms with van der Waals surface area (Å²) in [4.78, 5) is 29.7. The molecule has 0 aliphatic rings. The number of rotatable bonds is 10. The van der Waals surface area contributed by atoms with Crippen LogP contribution in [0.3, 0.4) is 0 Å². The Morgan fingerprint density at radius 3 is 2.47 bits per heavy atom. The van der Waals surface area contributed by atoms with Gasteiger partial charge >= 0.3 is 0 Å². The Bertz CT molecular complexity index is 1310. The van der Waals surface area contributed by atoms with Crippen molar-refractivity contribution in [3.8, 4) is 17.1 Å². The van der Waals surface area contributed by atoms with Crippen LogP contribution in [0.4, 0.5) is 5.69 Å². The van der Waals surface area contributed by atoms with Crippen LogP contribution in [-0.2, 0) is 17.8 Å². The van der Waals surface area contributed by atoms with E-state index in [2.05, 4.69) is 20.8 Å². The number of hydrogen-bond donors (Lipinski definition) is 2. The van der Waals surface area contributed by atoms with Crippen LogP contribution in [0.15, 0.2) is 77.3 Å². The van der Waals surface area contributed by atoms with Crippen LogP contribution in [0.25, 0.3) is 11.4 Å². The molecule has 0 aliphatic carbocycles. The lowest BCUT2D eigenvalue weighted by molar-refractivity contribution is -0.116. The van der Waals surface area contributed by atoms with E-state index in [0.29, 0.717) is 42.4 Å². The average Bonchev–Trinajstić information content (AvgIpc) is 3.37. The number of carbonyl (C=O) groups is 2. The summed E-state index contributed by atoms with van der Waals surface area (Å²) in [7, 11) is 1.61. The van der Waals surface area contributed by atoms with Crippen molar-refractivity contribution < 1.29 is 18.8 Å². The van der Waals surface area contributed by atoms with Crippen LogP contribution in [0.5, 0.6) is 5.75 Å². The fraction of sp³-hybridized carbons (Fsp3) is 0.214. The van der Waals surface area contributed by atoms with E-state index < -0.39 is 0 Å². The molecular weight excluding hydrogens is 456 g/mol. The molecule has 0 saturated heterocycles. The van der Waals surface area contributed by atoms with E-state index >= 15 is 0 Å². The van der Waals surface area contributed by atoms with E-state index in [4.69, 9.17) is 9.26 Å². The Kier molecular flexibility index (Phi) is 8.08. The molecule has 0 atom stereocenters. The molecule has 0 bridgehead atoms. The predicted molar refractivity (Wildman–Crippen MR) is 137 cm³/mol. The second kappa shape index (κ2) is 11.8. The van der Waals surface area contributed by atoms with Crippen LogP contribution in [-0.4, -0.2) is 29.1 Å². The number of aromatic nitrogens is 2. The maximum Gasteiger partial charge on any atom is 0.253 e. The maximum absolute atomic E-state index is 12.7. The summed E-state index contributed by atoms with van der Waals surface area (Å²) >= 11 is 0. The Morgan fingerprint density at radius 2 is 1.72 bits per heavy atom. The first-order valence-electron chi connectivity index (χ1n) is 11.7. The number of benzene rings is 3. The summed E-state index contributed by atoms with van der Waals surface area (Å²) in [5.41, 5.74) is 3.88. The van der Waals surface area contributed by atoms with Crippen molar-refractivity contribution >= 4 is 17.5 Å². The SMILES string of the molecule is COc1ccc(-c2noc(CCCC(=O)Nc3ccccc3C(=O)NCc3ccc(C)cc3)n2)cc1. The first-order valence-corrected chi connectivity index (χ1v) is 11.7. The highest BCUT2D eigenvalue weighted by Gasteiger charge is 2.14. The Morgan fingerprint density at radius 1 is 0.972 bits per heavy atom. The lowest BCUT2D eigenvalue weighted by atomic mass is 10.1. The lowest BCUT2D eigenvalue weighted by Crippen LogP contribution is -2.24. The van der Waals surface area contributed by atoms with E-state index in [1.54, 1.807) is 31.4 Å². The largest absolute Gasteiger partial charge is 0.497 e. The third kappa shape index (κ3) is 6.56. The molecule has 36 heavy (non-hydrogen) atoms. The van der Waals surface area contributed by atoms with Crippen LogP contribution < -0.4 is 15.4 Å². The summed E-state index contributed by atoms with van der Waals surface area (Å²) in [6.45, 7) is 2.42. The van der Waals surface area contributed by atoms with Gasteiger partial charge in [-0.05, 0) is 55.3 Å². The molecule has 8 nitrogen and oxygen atoms in total. The number of nitrogens with one attached hydrogen (secondary N) is 2. The van der Waals surface area contributed by atoms with Crippen molar-refractivity contribution in [1.82, 2.24) is 15.5 Å². The zero-order chi connectivity index (χ0) is 25.3. The van der Waals surface area contributed by atoms with Gasteiger partial charge in [-0.1, -0.05) is 47.1 Å². The molecule has 4 rings (SSSR count). The number of anilines is 1. The van der Waals surface area contributed by atoms with Gasteiger partial charge < -0.3 is 19.9 Å². The number of amides is 2. The minimum absolute atomic E-state index is 0.191. The fourth-order valence-corrected chi connectivity index (χ4v) is 3.60. The monoisotopic (exact) mass is 484 g/mol. The minimum atomic E-state index is -0.247. The third-order valence-electron chi connectivity index (χ3n) is 5.63. The number of aryl methyl sites for hydroxylation is 2. The first kappa shape index (κ1) is 24.7. The van der Waals surface area contributed by atoms with Gasteiger partial charge in [0.1, 0.15) is 5.75 Å². The molecule has 184 valence electrons. The van der Waals surface area contributed by atoms with Gasteiger partial charge in [-0.3, -0.25) is 9.59 Å². The standard InChI is InChI=1S/C28H28N4O4/c1-19-10-12-20(13-11-19)18-29-28(34)23-6-3-4-7-24(23)30-25(33)8-5-9-26-31-27(32-36-26)21-14-16-22(35-2)17-15-21/h3-4,6-7,10-17H,5,8-9,18H2,1-2H3,(H,29,34)(H,30,33). The Balaban J connectivity index is 1.27. The zero-order valence-electron chi connectivity index (χ0n) is 20.3. The number of ether oxygens (including phenoxy) is 1. The topological polar surface area (TPSA) is 106 Å². The smallest absolute Gasteiger partial charge is 0.253 e. The van der Waals surface area contributed by atoms with Crippen LogP contribution in [0.2, 0.25) is 0 Å². The summed E-state index contributed by atoms with van der Waals surface area (Å²) < 4.78 is 10.5. The Labute approximate surface area is 209 Å². The second-order valence-corrected chi connectivity index (χ2v) is 8.36. The third-order valence-corrected chi connectivity index (χ3v) is 5.63. The minimum Gasteiger partial charge on any atom is -0.497 e. The number of hydrogen-bond acceptors (Lipinski definition) is 6. The van der Waals surface area contributed by atoms with Crippen molar-refractivity contribution in [1.29, 1.82) is 0 Å². The molecule has 2 N–H and O–H groups in total. The van der Waals surface area contributed by atoms with E-state index in [9.17, 15) is 9.59 Å². The van der Waals surface area contributed by atoms with Gasteiger partial charge in [0.2, 0.25) is 17.6 Å². The maximum atomic E-state index is 12.7. The van der Waals surface area contributed by atoms with Gasteiger partial charge in [0, 0.05) is 24.9 Å². The number of para-hydroxylation sites is 1. The number of nitrogens with zero attached hydrogens (tertiary/aromatic N) is 2. The van der Waals surface area contributed by atoms with Crippen LogP contribution in [0, 0.1) is 6.92 Å². The molecule has 1 aromatic heterocycles. The highest BCUT2D eigenvalue weighted by atomic mass is 16.5. The van der Waals surface area contributed by atoms with Crippen molar-refractivity contribution in [2.24, 2.45) is 0 Å². The van der Waals surface area contributed by atoms with Crippen molar-refractivity contribution in [2.75, 3.05) is 12.4 Å². The van der Waals surface area contributed by atoms with Gasteiger partial charge in [-0.2, -0.15) is 4.98 Å². The number of methoxy groups -OCH3 is 1. The molecule has 4 aromatic rings. The van der Waals surface area contributed by atoms with E-state index in [1.165, 1.54) is 0 Å².